The number of nitrogens with zero attached hydrogens (tertiary/aromatic N) is 4. The van der Waals surface area contributed by atoms with Crippen molar-refractivity contribution in [1.82, 2.24) is 9.66 Å². The molecule has 0 bridgehead atoms. The van der Waals surface area contributed by atoms with Gasteiger partial charge in [0.2, 0.25) is 5.76 Å². The topological polar surface area (TPSA) is 130 Å². The Labute approximate surface area is 202 Å². The van der Waals surface area contributed by atoms with Crippen molar-refractivity contribution in [2.24, 2.45) is 5.10 Å². The van der Waals surface area contributed by atoms with E-state index in [4.69, 9.17) is 9.15 Å². The molecular weight excluding hydrogens is 464 g/mol. The summed E-state index contributed by atoms with van der Waals surface area (Å²) in [5.74, 6) is -0.245. The first-order chi connectivity index (χ1) is 17.5. The lowest BCUT2D eigenvalue weighted by Gasteiger charge is -2.10. The molecule has 10 heteroatoms. The van der Waals surface area contributed by atoms with Gasteiger partial charge in [-0.2, -0.15) is 9.78 Å². The minimum absolute atomic E-state index is 0.0390. The molecule has 0 amide bonds. The van der Waals surface area contributed by atoms with Crippen LogP contribution in [-0.4, -0.2) is 26.8 Å². The number of fused-ring (bicyclic) bond motifs is 1. The Morgan fingerprint density at radius 1 is 1.00 bits per heavy atom. The second-order valence-electron chi connectivity index (χ2n) is 7.52. The van der Waals surface area contributed by atoms with E-state index in [1.807, 2.05) is 0 Å². The second-order valence-corrected chi connectivity index (χ2v) is 7.52. The molecule has 0 N–H and O–H groups in total. The van der Waals surface area contributed by atoms with Gasteiger partial charge < -0.3 is 9.15 Å². The molecule has 0 unspecified atom stereocenters. The third kappa shape index (κ3) is 4.38. The van der Waals surface area contributed by atoms with E-state index in [1.54, 1.807) is 54.6 Å². The van der Waals surface area contributed by atoms with Gasteiger partial charge in [-0.25, -0.2) is 9.78 Å². The lowest BCUT2D eigenvalue weighted by Crippen LogP contribution is -2.20. The Kier molecular flexibility index (Phi) is 5.90. The number of hydrogen-bond acceptors (Lipinski definition) is 8. The molecule has 2 aromatic heterocycles. The number of carbonyl (C=O) groups excluding carboxylic acids is 1. The second kappa shape index (κ2) is 9.47. The van der Waals surface area contributed by atoms with Crippen molar-refractivity contribution in [3.63, 3.8) is 0 Å². The summed E-state index contributed by atoms with van der Waals surface area (Å²) in [6.45, 7) is 0. The third-order valence-electron chi connectivity index (χ3n) is 5.25. The standard InChI is InChI=1S/C26H16N4O6/c31-25-20-7-2-3-8-21(20)28-24(17-11-13-19(14-12-17)30(33)34)29(25)27-16-18-6-1-4-9-22(18)36-26(32)23-10-5-15-35-23/h1-16H. The van der Waals surface area contributed by atoms with E-state index in [9.17, 15) is 19.7 Å². The average Bonchev–Trinajstić information content (AvgIpc) is 3.44. The van der Waals surface area contributed by atoms with E-state index in [0.29, 0.717) is 22.0 Å². The predicted octanol–water partition coefficient (Wildman–Crippen LogP) is 4.67. The van der Waals surface area contributed by atoms with Crippen molar-refractivity contribution < 1.29 is 18.9 Å². The normalized spacial score (nSPS) is 11.1. The van der Waals surface area contributed by atoms with Crippen molar-refractivity contribution in [3.8, 4) is 17.1 Å². The number of nitro groups is 1. The lowest BCUT2D eigenvalue weighted by molar-refractivity contribution is -0.384. The van der Waals surface area contributed by atoms with Crippen LogP contribution in [0.15, 0.2) is 106 Å². The van der Waals surface area contributed by atoms with Gasteiger partial charge in [-0.1, -0.05) is 24.3 Å². The van der Waals surface area contributed by atoms with Crippen LogP contribution in [0.4, 0.5) is 5.69 Å². The SMILES string of the molecule is O=C(Oc1ccccc1C=Nn1c(-c2ccc([N+](=O)[O-])cc2)nc2ccccc2c1=O)c1ccco1. The Balaban J connectivity index is 1.59. The van der Waals surface area contributed by atoms with Crippen molar-refractivity contribution in [2.45, 2.75) is 0 Å². The van der Waals surface area contributed by atoms with E-state index in [0.717, 1.165) is 4.68 Å². The smallest absolute Gasteiger partial charge is 0.379 e. The van der Waals surface area contributed by atoms with Gasteiger partial charge in [-0.05, 0) is 48.5 Å². The maximum absolute atomic E-state index is 13.3. The number of nitro benzene ring substituents is 1. The summed E-state index contributed by atoms with van der Waals surface area (Å²) < 4.78 is 11.6. The highest BCUT2D eigenvalue weighted by atomic mass is 16.6. The zero-order chi connectivity index (χ0) is 25.1. The Hall–Kier alpha value is -5.38. The van der Waals surface area contributed by atoms with E-state index in [-0.39, 0.29) is 23.0 Å². The van der Waals surface area contributed by atoms with Crippen molar-refractivity contribution in [2.75, 3.05) is 0 Å². The molecule has 0 saturated carbocycles. The van der Waals surface area contributed by atoms with Crippen molar-refractivity contribution in [3.05, 3.63) is 123 Å². The summed E-state index contributed by atoms with van der Waals surface area (Å²) >= 11 is 0. The molecule has 0 fully saturated rings. The van der Waals surface area contributed by atoms with Crippen molar-refractivity contribution >= 4 is 28.8 Å². The van der Waals surface area contributed by atoms with Gasteiger partial charge in [0.25, 0.3) is 11.2 Å². The van der Waals surface area contributed by atoms with Crippen LogP contribution in [0.3, 0.4) is 0 Å². The van der Waals surface area contributed by atoms with Gasteiger partial charge in [0, 0.05) is 23.3 Å². The fourth-order valence-electron chi connectivity index (χ4n) is 3.49. The monoisotopic (exact) mass is 480 g/mol. The first-order valence-corrected chi connectivity index (χ1v) is 10.7. The van der Waals surface area contributed by atoms with Gasteiger partial charge in [0.1, 0.15) is 5.75 Å². The maximum atomic E-state index is 13.3. The lowest BCUT2D eigenvalue weighted by atomic mass is 10.1. The summed E-state index contributed by atoms with van der Waals surface area (Å²) in [7, 11) is 0. The molecule has 176 valence electrons. The molecule has 0 spiro atoms. The first kappa shape index (κ1) is 22.4. The molecular formula is C26H16N4O6. The number of furan rings is 1. The summed E-state index contributed by atoms with van der Waals surface area (Å²) in [6.07, 6.45) is 2.74. The average molecular weight is 480 g/mol. The predicted molar refractivity (Wildman–Crippen MR) is 131 cm³/mol. The summed E-state index contributed by atoms with van der Waals surface area (Å²) in [4.78, 5) is 40.8. The number of para-hydroxylation sites is 2. The van der Waals surface area contributed by atoms with E-state index < -0.39 is 16.5 Å². The number of carbonyl (C=O) groups is 1. The number of esters is 1. The molecule has 5 aromatic rings. The summed E-state index contributed by atoms with van der Waals surface area (Å²) in [5, 5.41) is 15.8. The fourth-order valence-corrected chi connectivity index (χ4v) is 3.49. The van der Waals surface area contributed by atoms with Crippen LogP contribution in [-0.2, 0) is 0 Å². The molecule has 10 nitrogen and oxygen atoms in total. The molecule has 3 aromatic carbocycles. The van der Waals surface area contributed by atoms with Crippen LogP contribution in [0.2, 0.25) is 0 Å². The summed E-state index contributed by atoms with van der Waals surface area (Å²) in [5.41, 5.74) is 0.805. The number of aromatic nitrogens is 2. The Morgan fingerprint density at radius 2 is 1.75 bits per heavy atom. The van der Waals surface area contributed by atoms with E-state index in [1.165, 1.54) is 42.8 Å². The van der Waals surface area contributed by atoms with Gasteiger partial charge >= 0.3 is 5.97 Å². The number of benzene rings is 3. The maximum Gasteiger partial charge on any atom is 0.379 e. The van der Waals surface area contributed by atoms with Crippen LogP contribution >= 0.6 is 0 Å². The Morgan fingerprint density at radius 3 is 2.50 bits per heavy atom. The fraction of sp³-hybridized carbons (Fsp3) is 0. The van der Waals surface area contributed by atoms with E-state index in [2.05, 4.69) is 10.1 Å². The molecule has 36 heavy (non-hydrogen) atoms. The molecule has 0 atom stereocenters. The van der Waals surface area contributed by atoms with Crippen LogP contribution in [0.1, 0.15) is 16.1 Å². The number of rotatable bonds is 6. The van der Waals surface area contributed by atoms with Crippen LogP contribution < -0.4 is 10.3 Å². The van der Waals surface area contributed by atoms with Gasteiger partial charge in [0.05, 0.1) is 28.3 Å². The van der Waals surface area contributed by atoms with Crippen LogP contribution in [0.5, 0.6) is 5.75 Å². The first-order valence-electron chi connectivity index (χ1n) is 10.7. The number of non-ortho nitro benzene ring substituents is 1. The van der Waals surface area contributed by atoms with Gasteiger partial charge in [0.15, 0.2) is 5.82 Å². The van der Waals surface area contributed by atoms with Crippen LogP contribution in [0.25, 0.3) is 22.3 Å². The highest BCUT2D eigenvalue weighted by molar-refractivity contribution is 5.91. The highest BCUT2D eigenvalue weighted by Crippen LogP contribution is 2.23. The van der Waals surface area contributed by atoms with Gasteiger partial charge in [-0.15, -0.1) is 0 Å². The third-order valence-corrected chi connectivity index (χ3v) is 5.25. The highest BCUT2D eigenvalue weighted by Gasteiger charge is 2.16. The quantitative estimate of drug-likeness (QED) is 0.114. The summed E-state index contributed by atoms with van der Waals surface area (Å²) in [6, 6.07) is 22.2. The zero-order valence-electron chi connectivity index (χ0n) is 18.5. The largest absolute Gasteiger partial charge is 0.457 e. The van der Waals surface area contributed by atoms with Crippen LogP contribution in [0, 0.1) is 10.1 Å². The molecule has 0 aliphatic heterocycles. The Bertz CT molecular complexity index is 1670. The molecule has 0 aliphatic carbocycles. The molecule has 0 radical (unpaired) electrons. The zero-order valence-corrected chi connectivity index (χ0v) is 18.5. The minimum atomic E-state index is -0.683. The number of ether oxygens (including phenoxy) is 1. The minimum Gasteiger partial charge on any atom is -0.457 e. The molecule has 5 rings (SSSR count). The molecule has 0 aliphatic rings. The molecule has 0 saturated heterocycles. The number of hydrogen-bond donors (Lipinski definition) is 0. The van der Waals surface area contributed by atoms with E-state index >= 15 is 0 Å². The van der Waals surface area contributed by atoms with Gasteiger partial charge in [-0.3, -0.25) is 14.9 Å². The molecule has 2 heterocycles. The van der Waals surface area contributed by atoms with Crippen molar-refractivity contribution in [1.29, 1.82) is 0 Å².